The minimum atomic E-state index is -4.40. The maximum atomic E-state index is 12.4. The molecule has 1 aliphatic heterocycles. The summed E-state index contributed by atoms with van der Waals surface area (Å²) < 4.78 is 41.1. The lowest BCUT2D eigenvalue weighted by Gasteiger charge is -2.27. The topological polar surface area (TPSA) is 80.8 Å². The Balaban J connectivity index is 1.48. The summed E-state index contributed by atoms with van der Waals surface area (Å²) >= 11 is 0. The molecular formula is C18H19F3N4O3. The van der Waals surface area contributed by atoms with Gasteiger partial charge in [0.1, 0.15) is 0 Å². The van der Waals surface area contributed by atoms with Crippen LogP contribution < -0.4 is 0 Å². The SMILES string of the molecule is Cc1nc(-c2ccc(CC(=O)N3CCC(=NOCC(F)(F)F)CC3)cc2)no1. The molecule has 0 spiro atoms. The molecule has 1 aromatic carbocycles. The van der Waals surface area contributed by atoms with Crippen molar-refractivity contribution < 1.29 is 27.3 Å². The van der Waals surface area contributed by atoms with Crippen molar-refractivity contribution in [1.82, 2.24) is 15.0 Å². The molecule has 0 radical (unpaired) electrons. The highest BCUT2D eigenvalue weighted by atomic mass is 19.4. The fourth-order valence-corrected chi connectivity index (χ4v) is 2.78. The van der Waals surface area contributed by atoms with Crippen LogP contribution in [-0.2, 0) is 16.1 Å². The summed E-state index contributed by atoms with van der Waals surface area (Å²) in [6.45, 7) is 1.12. The maximum Gasteiger partial charge on any atom is 0.425 e. The van der Waals surface area contributed by atoms with Crippen LogP contribution in [0.25, 0.3) is 11.4 Å². The molecule has 2 aromatic rings. The molecule has 10 heteroatoms. The summed E-state index contributed by atoms with van der Waals surface area (Å²) in [7, 11) is 0. The van der Waals surface area contributed by atoms with Crippen LogP contribution in [-0.4, -0.2) is 52.5 Å². The molecule has 150 valence electrons. The van der Waals surface area contributed by atoms with Gasteiger partial charge in [-0.15, -0.1) is 0 Å². The summed E-state index contributed by atoms with van der Waals surface area (Å²) in [5.41, 5.74) is 2.18. The van der Waals surface area contributed by atoms with Gasteiger partial charge in [-0.1, -0.05) is 34.6 Å². The van der Waals surface area contributed by atoms with Gasteiger partial charge in [-0.25, -0.2) is 0 Å². The number of piperidine rings is 1. The highest BCUT2D eigenvalue weighted by Crippen LogP contribution is 2.18. The van der Waals surface area contributed by atoms with Crippen LogP contribution in [0.1, 0.15) is 24.3 Å². The second kappa shape index (κ2) is 8.41. The minimum Gasteiger partial charge on any atom is -0.386 e. The Morgan fingerprint density at radius 3 is 2.50 bits per heavy atom. The molecule has 28 heavy (non-hydrogen) atoms. The first-order valence-corrected chi connectivity index (χ1v) is 8.72. The van der Waals surface area contributed by atoms with Crippen LogP contribution >= 0.6 is 0 Å². The molecule has 2 heterocycles. The van der Waals surface area contributed by atoms with Crippen molar-refractivity contribution in [3.8, 4) is 11.4 Å². The Morgan fingerprint density at radius 2 is 1.93 bits per heavy atom. The molecular weight excluding hydrogens is 377 g/mol. The predicted octanol–water partition coefficient (Wildman–Crippen LogP) is 3.14. The van der Waals surface area contributed by atoms with Crippen LogP contribution in [0.2, 0.25) is 0 Å². The van der Waals surface area contributed by atoms with E-state index < -0.39 is 12.8 Å². The third-order valence-corrected chi connectivity index (χ3v) is 4.21. The number of halogens is 3. The van der Waals surface area contributed by atoms with Crippen molar-refractivity contribution in [2.24, 2.45) is 5.16 Å². The molecule has 0 bridgehead atoms. The van der Waals surface area contributed by atoms with E-state index in [4.69, 9.17) is 4.52 Å². The molecule has 1 aliphatic rings. The van der Waals surface area contributed by atoms with Gasteiger partial charge in [-0.2, -0.15) is 18.2 Å². The average molecular weight is 396 g/mol. The lowest BCUT2D eigenvalue weighted by Crippen LogP contribution is -2.39. The number of hydrogen-bond acceptors (Lipinski definition) is 6. The zero-order chi connectivity index (χ0) is 20.1. The van der Waals surface area contributed by atoms with Gasteiger partial charge in [-0.05, 0) is 5.56 Å². The Hall–Kier alpha value is -2.91. The minimum absolute atomic E-state index is 0.0431. The van der Waals surface area contributed by atoms with Gasteiger partial charge in [0, 0.05) is 38.4 Å². The highest BCUT2D eigenvalue weighted by molar-refractivity contribution is 5.87. The van der Waals surface area contributed by atoms with E-state index in [-0.39, 0.29) is 12.3 Å². The van der Waals surface area contributed by atoms with Gasteiger partial charge in [0.05, 0.1) is 12.1 Å². The van der Waals surface area contributed by atoms with Crippen molar-refractivity contribution in [1.29, 1.82) is 0 Å². The second-order valence-corrected chi connectivity index (χ2v) is 6.44. The Morgan fingerprint density at radius 1 is 1.25 bits per heavy atom. The number of oxime groups is 1. The first kappa shape index (κ1) is 19.8. The van der Waals surface area contributed by atoms with Gasteiger partial charge in [0.15, 0.2) is 0 Å². The van der Waals surface area contributed by atoms with Crippen LogP contribution in [0.4, 0.5) is 13.2 Å². The van der Waals surface area contributed by atoms with Crippen molar-refractivity contribution in [2.75, 3.05) is 19.7 Å². The molecule has 0 atom stereocenters. The third kappa shape index (κ3) is 5.54. The van der Waals surface area contributed by atoms with Crippen LogP contribution in [0.5, 0.6) is 0 Å². The second-order valence-electron chi connectivity index (χ2n) is 6.44. The Labute approximate surface area is 159 Å². The molecule has 0 saturated carbocycles. The molecule has 7 nitrogen and oxygen atoms in total. The van der Waals surface area contributed by atoms with E-state index in [0.29, 0.717) is 43.4 Å². The molecule has 1 amide bonds. The zero-order valence-corrected chi connectivity index (χ0v) is 15.2. The van der Waals surface area contributed by atoms with E-state index >= 15 is 0 Å². The fraction of sp³-hybridized carbons (Fsp3) is 0.444. The summed E-state index contributed by atoms with van der Waals surface area (Å²) in [5.74, 6) is 0.926. The smallest absolute Gasteiger partial charge is 0.386 e. The van der Waals surface area contributed by atoms with Gasteiger partial charge in [0.25, 0.3) is 0 Å². The first-order valence-electron chi connectivity index (χ1n) is 8.72. The van der Waals surface area contributed by atoms with Gasteiger partial charge < -0.3 is 14.3 Å². The summed E-state index contributed by atoms with van der Waals surface area (Å²) in [6, 6.07) is 7.32. The molecule has 1 fully saturated rings. The van der Waals surface area contributed by atoms with Crippen molar-refractivity contribution in [3.05, 3.63) is 35.7 Å². The van der Waals surface area contributed by atoms with E-state index in [0.717, 1.165) is 11.1 Å². The van der Waals surface area contributed by atoms with E-state index in [1.54, 1.807) is 11.8 Å². The van der Waals surface area contributed by atoms with Crippen LogP contribution in [0, 0.1) is 6.92 Å². The molecule has 1 aromatic heterocycles. The quantitative estimate of drug-likeness (QED) is 0.726. The standard InChI is InChI=1S/C18H19F3N4O3/c1-12-22-17(24-28-12)14-4-2-13(3-5-14)10-16(26)25-8-6-15(7-9-25)23-27-11-18(19,20)21/h2-5H,6-11H2,1H3. The number of aromatic nitrogens is 2. The molecule has 3 rings (SSSR count). The summed E-state index contributed by atoms with van der Waals surface area (Å²) in [4.78, 5) is 22.6. The van der Waals surface area contributed by atoms with E-state index in [1.807, 2.05) is 24.3 Å². The first-order chi connectivity index (χ1) is 13.3. The summed E-state index contributed by atoms with van der Waals surface area (Å²) in [6.07, 6.45) is -3.36. The summed E-state index contributed by atoms with van der Waals surface area (Å²) in [5, 5.41) is 7.37. The fourth-order valence-electron chi connectivity index (χ4n) is 2.78. The average Bonchev–Trinajstić information content (AvgIpc) is 3.08. The maximum absolute atomic E-state index is 12.4. The number of likely N-dealkylation sites (tertiary alicyclic amines) is 1. The van der Waals surface area contributed by atoms with Gasteiger partial charge in [-0.3, -0.25) is 4.79 Å². The number of alkyl halides is 3. The number of benzene rings is 1. The van der Waals surface area contributed by atoms with Crippen LogP contribution in [0.15, 0.2) is 33.9 Å². The number of amides is 1. The van der Waals surface area contributed by atoms with Crippen molar-refractivity contribution >= 4 is 11.6 Å². The highest BCUT2D eigenvalue weighted by Gasteiger charge is 2.29. The number of rotatable bonds is 5. The number of hydrogen-bond donors (Lipinski definition) is 0. The molecule has 1 saturated heterocycles. The lowest BCUT2D eigenvalue weighted by atomic mass is 10.1. The Bertz CT molecular complexity index is 837. The number of carbonyl (C=O) groups excluding carboxylic acids is 1. The number of aryl methyl sites for hydroxylation is 1. The van der Waals surface area contributed by atoms with Crippen molar-refractivity contribution in [2.45, 2.75) is 32.4 Å². The molecule has 0 unspecified atom stereocenters. The number of carbonyl (C=O) groups is 1. The van der Waals surface area contributed by atoms with Crippen LogP contribution in [0.3, 0.4) is 0 Å². The van der Waals surface area contributed by atoms with E-state index in [2.05, 4.69) is 20.1 Å². The van der Waals surface area contributed by atoms with Crippen molar-refractivity contribution in [3.63, 3.8) is 0 Å². The monoisotopic (exact) mass is 396 g/mol. The van der Waals surface area contributed by atoms with Gasteiger partial charge >= 0.3 is 6.18 Å². The number of nitrogens with zero attached hydrogens (tertiary/aromatic N) is 4. The van der Waals surface area contributed by atoms with Gasteiger partial charge in [0.2, 0.25) is 24.2 Å². The zero-order valence-electron chi connectivity index (χ0n) is 15.2. The Kier molecular flexibility index (Phi) is 5.96. The largest absolute Gasteiger partial charge is 0.425 e. The third-order valence-electron chi connectivity index (χ3n) is 4.21. The normalized spacial score (nSPS) is 14.9. The predicted molar refractivity (Wildman–Crippen MR) is 93.4 cm³/mol. The molecule has 0 aliphatic carbocycles. The van der Waals surface area contributed by atoms with E-state index in [9.17, 15) is 18.0 Å². The van der Waals surface area contributed by atoms with E-state index in [1.165, 1.54) is 0 Å². The molecule has 0 N–H and O–H groups in total. The lowest BCUT2D eigenvalue weighted by molar-refractivity contribution is -0.173.